The molecule has 1 saturated heterocycles. The molecule has 0 saturated carbocycles. The Morgan fingerprint density at radius 2 is 1.93 bits per heavy atom. The van der Waals surface area contributed by atoms with Crippen LogP contribution >= 0.6 is 0 Å². The number of amides is 2. The van der Waals surface area contributed by atoms with Gasteiger partial charge in [-0.25, -0.2) is 0 Å². The lowest BCUT2D eigenvalue weighted by Crippen LogP contribution is -2.52. The van der Waals surface area contributed by atoms with Crippen molar-refractivity contribution in [2.45, 2.75) is 38.3 Å². The summed E-state index contributed by atoms with van der Waals surface area (Å²) in [5, 5.41) is 9.51. The Morgan fingerprint density at radius 3 is 2.62 bits per heavy atom. The maximum absolute atomic E-state index is 13.4. The van der Waals surface area contributed by atoms with Crippen LogP contribution in [0.25, 0.3) is 0 Å². The quantitative estimate of drug-likeness (QED) is 0.726. The number of carbonyl (C=O) groups excluding carboxylic acids is 2. The van der Waals surface area contributed by atoms with Crippen molar-refractivity contribution in [1.82, 2.24) is 5.32 Å². The van der Waals surface area contributed by atoms with Crippen LogP contribution in [0.2, 0.25) is 0 Å². The Morgan fingerprint density at radius 1 is 1.21 bits per heavy atom. The highest BCUT2D eigenvalue weighted by Crippen LogP contribution is 2.48. The first-order valence-electron chi connectivity index (χ1n) is 10.1. The van der Waals surface area contributed by atoms with Crippen molar-refractivity contribution < 1.29 is 14.3 Å². The molecule has 1 fully saturated rings. The molecular formula is C23H27N3O3. The third kappa shape index (κ3) is 3.38. The topological polar surface area (TPSA) is 79.5 Å². The molecule has 2 aromatic carbocycles. The van der Waals surface area contributed by atoms with E-state index in [1.165, 1.54) is 0 Å². The van der Waals surface area contributed by atoms with Gasteiger partial charge in [0.1, 0.15) is 11.3 Å². The molecule has 4 rings (SSSR count). The standard InChI is InChI=1S/C23H27N3O3/c1-14(2)12-16-13-19(21(27)24-15-8-10-17(29-3)11-9-15)23(26-16)18-6-4-5-7-20(18)25-22(23)28/h4-11,14,16,19,26H,12-13H2,1-3H3,(H,24,27)(H,25,28)/t16-,19+,23+/m0/s1. The average molecular weight is 393 g/mol. The Hall–Kier alpha value is -2.86. The zero-order chi connectivity index (χ0) is 20.6. The van der Waals surface area contributed by atoms with Gasteiger partial charge in [0.15, 0.2) is 0 Å². The fraction of sp³-hybridized carbons (Fsp3) is 0.391. The summed E-state index contributed by atoms with van der Waals surface area (Å²) < 4.78 is 5.18. The van der Waals surface area contributed by atoms with Gasteiger partial charge in [-0.05, 0) is 49.1 Å². The largest absolute Gasteiger partial charge is 0.497 e. The van der Waals surface area contributed by atoms with Crippen molar-refractivity contribution >= 4 is 23.2 Å². The predicted octanol–water partition coefficient (Wildman–Crippen LogP) is 3.51. The van der Waals surface area contributed by atoms with Crippen molar-refractivity contribution in [3.8, 4) is 5.75 Å². The molecule has 0 bridgehead atoms. The number of methoxy groups -OCH3 is 1. The van der Waals surface area contributed by atoms with E-state index in [-0.39, 0.29) is 17.9 Å². The molecule has 0 unspecified atom stereocenters. The van der Waals surface area contributed by atoms with E-state index in [1.54, 1.807) is 31.4 Å². The summed E-state index contributed by atoms with van der Waals surface area (Å²) >= 11 is 0. The van der Waals surface area contributed by atoms with E-state index < -0.39 is 11.5 Å². The van der Waals surface area contributed by atoms with Gasteiger partial charge in [-0.2, -0.15) is 0 Å². The van der Waals surface area contributed by atoms with Crippen LogP contribution < -0.4 is 20.7 Å². The van der Waals surface area contributed by atoms with E-state index in [4.69, 9.17) is 4.74 Å². The van der Waals surface area contributed by atoms with Gasteiger partial charge in [0.25, 0.3) is 0 Å². The number of hydrogen-bond acceptors (Lipinski definition) is 4. The van der Waals surface area contributed by atoms with E-state index in [1.807, 2.05) is 24.3 Å². The minimum atomic E-state index is -1.04. The van der Waals surface area contributed by atoms with Gasteiger partial charge >= 0.3 is 0 Å². The minimum absolute atomic E-state index is 0.0959. The predicted molar refractivity (Wildman–Crippen MR) is 113 cm³/mol. The number of rotatable bonds is 5. The number of ether oxygens (including phenoxy) is 1. The zero-order valence-corrected chi connectivity index (χ0v) is 17.0. The highest BCUT2D eigenvalue weighted by molar-refractivity contribution is 6.10. The van der Waals surface area contributed by atoms with Crippen molar-refractivity contribution in [3.05, 3.63) is 54.1 Å². The zero-order valence-electron chi connectivity index (χ0n) is 17.0. The molecule has 152 valence electrons. The Balaban J connectivity index is 1.67. The smallest absolute Gasteiger partial charge is 0.250 e. The Labute approximate surface area is 171 Å². The van der Waals surface area contributed by atoms with E-state index in [0.29, 0.717) is 18.0 Å². The normalized spacial score (nSPS) is 25.2. The number of hydrogen-bond donors (Lipinski definition) is 3. The maximum Gasteiger partial charge on any atom is 0.250 e. The molecule has 0 radical (unpaired) electrons. The summed E-state index contributed by atoms with van der Waals surface area (Å²) in [6, 6.07) is 14.9. The van der Waals surface area contributed by atoms with Gasteiger partial charge in [-0.15, -0.1) is 0 Å². The van der Waals surface area contributed by atoms with Crippen molar-refractivity contribution in [3.63, 3.8) is 0 Å². The van der Waals surface area contributed by atoms with Gasteiger partial charge in [-0.3, -0.25) is 14.9 Å². The van der Waals surface area contributed by atoms with Crippen LogP contribution in [0.4, 0.5) is 11.4 Å². The highest BCUT2D eigenvalue weighted by Gasteiger charge is 2.59. The Bertz CT molecular complexity index is 925. The van der Waals surface area contributed by atoms with Crippen molar-refractivity contribution in [2.75, 3.05) is 17.7 Å². The molecule has 2 aliphatic rings. The van der Waals surface area contributed by atoms with E-state index in [0.717, 1.165) is 23.4 Å². The Kier molecular flexibility index (Phi) is 5.04. The minimum Gasteiger partial charge on any atom is -0.497 e. The first-order chi connectivity index (χ1) is 13.9. The van der Waals surface area contributed by atoms with E-state index >= 15 is 0 Å². The summed E-state index contributed by atoms with van der Waals surface area (Å²) in [7, 11) is 1.60. The summed E-state index contributed by atoms with van der Waals surface area (Å²) in [6.45, 7) is 4.31. The van der Waals surface area contributed by atoms with Crippen LogP contribution in [0.1, 0.15) is 32.3 Å². The van der Waals surface area contributed by atoms with Crippen molar-refractivity contribution in [1.29, 1.82) is 0 Å². The average Bonchev–Trinajstić information content (AvgIpc) is 3.21. The lowest BCUT2D eigenvalue weighted by molar-refractivity contribution is -0.130. The van der Waals surface area contributed by atoms with Crippen molar-refractivity contribution in [2.24, 2.45) is 11.8 Å². The molecule has 3 atom stereocenters. The third-order valence-corrected chi connectivity index (χ3v) is 5.86. The van der Waals surface area contributed by atoms with Crippen LogP contribution in [0.15, 0.2) is 48.5 Å². The van der Waals surface area contributed by atoms with Gasteiger partial charge in [0.05, 0.1) is 13.0 Å². The SMILES string of the molecule is COc1ccc(NC(=O)[C@H]2C[C@H](CC(C)C)N[C@@]23C(=O)Nc2ccccc23)cc1. The van der Waals surface area contributed by atoms with Crippen LogP contribution in [0, 0.1) is 11.8 Å². The first-order valence-corrected chi connectivity index (χ1v) is 10.1. The molecule has 3 N–H and O–H groups in total. The molecule has 6 nitrogen and oxygen atoms in total. The molecule has 2 aromatic rings. The summed E-state index contributed by atoms with van der Waals surface area (Å²) in [5.74, 6) is 0.383. The number of anilines is 2. The second-order valence-corrected chi connectivity index (χ2v) is 8.28. The molecule has 2 heterocycles. The second kappa shape index (κ2) is 7.52. The maximum atomic E-state index is 13.4. The third-order valence-electron chi connectivity index (χ3n) is 5.86. The second-order valence-electron chi connectivity index (χ2n) is 8.28. The van der Waals surface area contributed by atoms with Crippen LogP contribution in [0.3, 0.4) is 0 Å². The lowest BCUT2D eigenvalue weighted by Gasteiger charge is -2.29. The number of fused-ring (bicyclic) bond motifs is 2. The molecule has 0 aromatic heterocycles. The number of nitrogens with one attached hydrogen (secondary N) is 3. The lowest BCUT2D eigenvalue weighted by atomic mass is 9.79. The molecule has 6 heteroatoms. The first kappa shape index (κ1) is 19.5. The number of benzene rings is 2. The molecular weight excluding hydrogens is 366 g/mol. The fourth-order valence-electron chi connectivity index (χ4n) is 4.64. The number of para-hydroxylation sites is 1. The van der Waals surface area contributed by atoms with Gasteiger partial charge in [0, 0.05) is 23.0 Å². The van der Waals surface area contributed by atoms with E-state index in [2.05, 4.69) is 29.8 Å². The number of carbonyl (C=O) groups is 2. The molecule has 2 aliphatic heterocycles. The molecule has 2 amide bonds. The monoisotopic (exact) mass is 393 g/mol. The van der Waals surface area contributed by atoms with Crippen LogP contribution in [-0.4, -0.2) is 25.0 Å². The summed E-state index contributed by atoms with van der Waals surface area (Å²) in [6.07, 6.45) is 1.52. The highest BCUT2D eigenvalue weighted by atomic mass is 16.5. The van der Waals surface area contributed by atoms with Crippen LogP contribution in [-0.2, 0) is 15.1 Å². The molecule has 1 spiro atoms. The van der Waals surface area contributed by atoms with Crippen LogP contribution in [0.5, 0.6) is 5.75 Å². The fourth-order valence-corrected chi connectivity index (χ4v) is 4.64. The summed E-state index contributed by atoms with van der Waals surface area (Å²) in [4.78, 5) is 26.5. The molecule has 0 aliphatic carbocycles. The summed E-state index contributed by atoms with van der Waals surface area (Å²) in [5.41, 5.74) is 1.28. The molecule has 29 heavy (non-hydrogen) atoms. The van der Waals surface area contributed by atoms with E-state index in [9.17, 15) is 9.59 Å². The van der Waals surface area contributed by atoms with Gasteiger partial charge in [0.2, 0.25) is 11.8 Å². The van der Waals surface area contributed by atoms with Gasteiger partial charge < -0.3 is 15.4 Å². The van der Waals surface area contributed by atoms with Gasteiger partial charge in [-0.1, -0.05) is 32.0 Å².